The average molecular weight is 290 g/mol. The van der Waals surface area contributed by atoms with E-state index in [0.717, 1.165) is 24.6 Å². The number of hydrogen-bond donors (Lipinski definition) is 0. The van der Waals surface area contributed by atoms with Crippen LogP contribution >= 0.6 is 0 Å². The van der Waals surface area contributed by atoms with Crippen molar-refractivity contribution in [3.05, 3.63) is 65.7 Å². The van der Waals surface area contributed by atoms with Gasteiger partial charge in [-0.15, -0.1) is 0 Å². The molecule has 112 valence electrons. The third-order valence-electron chi connectivity index (χ3n) is 4.57. The van der Waals surface area contributed by atoms with Crippen molar-refractivity contribution in [3.8, 4) is 6.07 Å². The standard InChI is InChI=1S/C20H22N2/c21-13-10-17-6-8-20(9-7-17)22-14-11-19(12-15-22)16-18-4-2-1-3-5-18/h1-9,19H,10-12,14-16H2. The maximum atomic E-state index is 8.73. The van der Waals surface area contributed by atoms with E-state index in [1.165, 1.54) is 30.5 Å². The Labute approximate surface area is 133 Å². The Morgan fingerprint density at radius 3 is 2.23 bits per heavy atom. The molecule has 0 aromatic heterocycles. The van der Waals surface area contributed by atoms with Crippen LogP contribution in [0.3, 0.4) is 0 Å². The van der Waals surface area contributed by atoms with E-state index in [-0.39, 0.29) is 0 Å². The van der Waals surface area contributed by atoms with Gasteiger partial charge in [-0.3, -0.25) is 0 Å². The summed E-state index contributed by atoms with van der Waals surface area (Å²) in [5, 5.41) is 8.73. The fourth-order valence-corrected chi connectivity index (χ4v) is 3.26. The summed E-state index contributed by atoms with van der Waals surface area (Å²) in [6.07, 6.45) is 4.22. The van der Waals surface area contributed by atoms with E-state index in [9.17, 15) is 0 Å². The second-order valence-electron chi connectivity index (χ2n) is 6.12. The number of benzene rings is 2. The van der Waals surface area contributed by atoms with Crippen LogP contribution in [0.2, 0.25) is 0 Å². The lowest BCUT2D eigenvalue weighted by molar-refractivity contribution is 0.404. The highest BCUT2D eigenvalue weighted by molar-refractivity contribution is 5.48. The van der Waals surface area contributed by atoms with Crippen molar-refractivity contribution in [2.75, 3.05) is 18.0 Å². The predicted molar refractivity (Wildman–Crippen MR) is 90.8 cm³/mol. The van der Waals surface area contributed by atoms with E-state index in [0.29, 0.717) is 6.42 Å². The Hall–Kier alpha value is -2.27. The minimum atomic E-state index is 0.499. The van der Waals surface area contributed by atoms with Crippen molar-refractivity contribution < 1.29 is 0 Å². The van der Waals surface area contributed by atoms with Crippen LogP contribution in [0.5, 0.6) is 0 Å². The molecule has 1 heterocycles. The zero-order valence-electron chi connectivity index (χ0n) is 12.9. The molecule has 2 nitrogen and oxygen atoms in total. The Morgan fingerprint density at radius 2 is 1.59 bits per heavy atom. The van der Waals surface area contributed by atoms with E-state index >= 15 is 0 Å². The van der Waals surface area contributed by atoms with E-state index in [1.54, 1.807) is 0 Å². The molecule has 2 heteroatoms. The summed E-state index contributed by atoms with van der Waals surface area (Å²) in [6, 6.07) is 21.5. The number of piperidine rings is 1. The molecule has 1 fully saturated rings. The SMILES string of the molecule is N#CCc1ccc(N2CCC(Cc3ccccc3)CC2)cc1. The average Bonchev–Trinajstić information content (AvgIpc) is 2.58. The molecule has 2 aromatic carbocycles. The third-order valence-corrected chi connectivity index (χ3v) is 4.57. The topological polar surface area (TPSA) is 27.0 Å². The van der Waals surface area contributed by atoms with Gasteiger partial charge in [0.1, 0.15) is 0 Å². The molecule has 0 spiro atoms. The number of rotatable bonds is 4. The lowest BCUT2D eigenvalue weighted by Gasteiger charge is -2.33. The summed E-state index contributed by atoms with van der Waals surface area (Å²) in [5.74, 6) is 0.802. The number of nitrogens with zero attached hydrogens (tertiary/aromatic N) is 2. The summed E-state index contributed by atoms with van der Waals surface area (Å²) >= 11 is 0. The Balaban J connectivity index is 1.54. The lowest BCUT2D eigenvalue weighted by Crippen LogP contribution is -2.34. The summed E-state index contributed by atoms with van der Waals surface area (Å²) in [7, 11) is 0. The highest BCUT2D eigenvalue weighted by Gasteiger charge is 2.19. The quantitative estimate of drug-likeness (QED) is 0.843. The molecular weight excluding hydrogens is 268 g/mol. The predicted octanol–water partition coefficient (Wildman–Crippen LogP) is 4.21. The number of anilines is 1. The van der Waals surface area contributed by atoms with Gasteiger partial charge in [-0.25, -0.2) is 0 Å². The second-order valence-corrected chi connectivity index (χ2v) is 6.12. The van der Waals surface area contributed by atoms with Gasteiger partial charge < -0.3 is 4.90 Å². The highest BCUT2D eigenvalue weighted by Crippen LogP contribution is 2.26. The van der Waals surface area contributed by atoms with E-state index in [1.807, 2.05) is 0 Å². The largest absolute Gasteiger partial charge is 0.372 e. The van der Waals surface area contributed by atoms with Gasteiger partial charge in [-0.1, -0.05) is 42.5 Å². The molecule has 0 bridgehead atoms. The van der Waals surface area contributed by atoms with Crippen LogP contribution in [-0.4, -0.2) is 13.1 Å². The minimum Gasteiger partial charge on any atom is -0.372 e. The van der Waals surface area contributed by atoms with E-state index in [4.69, 9.17) is 5.26 Å². The van der Waals surface area contributed by atoms with Gasteiger partial charge in [-0.2, -0.15) is 5.26 Å². The molecule has 1 aliphatic rings. The molecule has 0 saturated carbocycles. The molecule has 0 unspecified atom stereocenters. The fourth-order valence-electron chi connectivity index (χ4n) is 3.26. The van der Waals surface area contributed by atoms with Crippen molar-refractivity contribution in [1.82, 2.24) is 0 Å². The van der Waals surface area contributed by atoms with Crippen molar-refractivity contribution in [3.63, 3.8) is 0 Å². The normalized spacial score (nSPS) is 15.5. The smallest absolute Gasteiger partial charge is 0.0669 e. The zero-order valence-corrected chi connectivity index (χ0v) is 12.9. The van der Waals surface area contributed by atoms with Crippen molar-refractivity contribution in [2.45, 2.75) is 25.7 Å². The van der Waals surface area contributed by atoms with Gasteiger partial charge in [0, 0.05) is 18.8 Å². The van der Waals surface area contributed by atoms with Crippen LogP contribution in [0.4, 0.5) is 5.69 Å². The van der Waals surface area contributed by atoms with Crippen molar-refractivity contribution in [2.24, 2.45) is 5.92 Å². The first-order chi connectivity index (χ1) is 10.8. The third kappa shape index (κ3) is 3.68. The van der Waals surface area contributed by atoms with Crippen LogP contribution in [0, 0.1) is 17.2 Å². The van der Waals surface area contributed by atoms with Crippen LogP contribution in [0.15, 0.2) is 54.6 Å². The van der Waals surface area contributed by atoms with Gasteiger partial charge >= 0.3 is 0 Å². The maximum Gasteiger partial charge on any atom is 0.0669 e. The summed E-state index contributed by atoms with van der Waals surface area (Å²) < 4.78 is 0. The van der Waals surface area contributed by atoms with Gasteiger partial charge in [0.05, 0.1) is 12.5 Å². The van der Waals surface area contributed by atoms with E-state index in [2.05, 4.69) is 65.6 Å². The Morgan fingerprint density at radius 1 is 0.909 bits per heavy atom. The maximum absolute atomic E-state index is 8.73. The molecule has 0 amide bonds. The number of nitriles is 1. The first kappa shape index (κ1) is 14.7. The lowest BCUT2D eigenvalue weighted by atomic mass is 9.90. The first-order valence-electron chi connectivity index (χ1n) is 8.10. The highest BCUT2D eigenvalue weighted by atomic mass is 15.1. The van der Waals surface area contributed by atoms with Crippen molar-refractivity contribution >= 4 is 5.69 Å². The minimum absolute atomic E-state index is 0.499. The van der Waals surface area contributed by atoms with Gasteiger partial charge in [0.25, 0.3) is 0 Å². The Bertz CT molecular complexity index is 617. The summed E-state index contributed by atoms with van der Waals surface area (Å²) in [5.41, 5.74) is 3.85. The second kappa shape index (κ2) is 7.13. The van der Waals surface area contributed by atoms with Crippen molar-refractivity contribution in [1.29, 1.82) is 5.26 Å². The molecule has 0 radical (unpaired) electrons. The molecular formula is C20H22N2. The molecule has 3 rings (SSSR count). The first-order valence-corrected chi connectivity index (χ1v) is 8.10. The van der Waals surface area contributed by atoms with Crippen LogP contribution in [-0.2, 0) is 12.8 Å². The van der Waals surface area contributed by atoms with Crippen LogP contribution in [0.1, 0.15) is 24.0 Å². The molecule has 1 saturated heterocycles. The zero-order chi connectivity index (χ0) is 15.2. The Kier molecular flexibility index (Phi) is 4.75. The van der Waals surface area contributed by atoms with Gasteiger partial charge in [0.2, 0.25) is 0 Å². The summed E-state index contributed by atoms with van der Waals surface area (Å²) in [4.78, 5) is 2.47. The molecule has 0 aliphatic carbocycles. The van der Waals surface area contributed by atoms with Gasteiger partial charge in [0.15, 0.2) is 0 Å². The molecule has 0 atom stereocenters. The molecule has 2 aromatic rings. The van der Waals surface area contributed by atoms with E-state index < -0.39 is 0 Å². The monoisotopic (exact) mass is 290 g/mol. The molecule has 22 heavy (non-hydrogen) atoms. The van der Waals surface area contributed by atoms with Gasteiger partial charge in [-0.05, 0) is 48.4 Å². The molecule has 0 N–H and O–H groups in total. The van der Waals surface area contributed by atoms with Crippen LogP contribution < -0.4 is 4.90 Å². The fraction of sp³-hybridized carbons (Fsp3) is 0.350. The summed E-state index contributed by atoms with van der Waals surface area (Å²) in [6.45, 7) is 2.27. The number of hydrogen-bond acceptors (Lipinski definition) is 2. The van der Waals surface area contributed by atoms with Crippen LogP contribution in [0.25, 0.3) is 0 Å². The molecule has 1 aliphatic heterocycles.